The van der Waals surface area contributed by atoms with E-state index in [1.165, 1.54) is 13.8 Å². The van der Waals surface area contributed by atoms with Crippen molar-refractivity contribution in [2.45, 2.75) is 77.6 Å². The molecule has 2 rings (SSSR count). The molecular formula is C19H28O6. The third-order valence-corrected chi connectivity index (χ3v) is 4.83. The largest absolute Gasteiger partial charge is 0.462 e. The summed E-state index contributed by atoms with van der Waals surface area (Å²) in [7, 11) is 0. The van der Waals surface area contributed by atoms with Gasteiger partial charge in [-0.15, -0.1) is 0 Å². The van der Waals surface area contributed by atoms with Crippen LogP contribution in [-0.2, 0) is 28.6 Å². The maximum Gasteiger partial charge on any atom is 0.306 e. The number of ether oxygens (including phenoxy) is 3. The summed E-state index contributed by atoms with van der Waals surface area (Å²) in [6, 6.07) is 0. The van der Waals surface area contributed by atoms with Crippen LogP contribution in [0.1, 0.15) is 59.3 Å². The maximum absolute atomic E-state index is 11.6. The Morgan fingerprint density at radius 1 is 1.28 bits per heavy atom. The third kappa shape index (κ3) is 5.58. The van der Waals surface area contributed by atoms with Gasteiger partial charge in [-0.2, -0.15) is 0 Å². The molecule has 0 aromatic heterocycles. The lowest BCUT2D eigenvalue weighted by molar-refractivity contribution is -0.149. The zero-order chi connectivity index (χ0) is 18.4. The van der Waals surface area contributed by atoms with Crippen LogP contribution < -0.4 is 0 Å². The minimum atomic E-state index is -0.339. The van der Waals surface area contributed by atoms with E-state index in [0.29, 0.717) is 12.8 Å². The van der Waals surface area contributed by atoms with Crippen molar-refractivity contribution in [1.82, 2.24) is 0 Å². The quantitative estimate of drug-likeness (QED) is 0.289. The molecule has 0 aromatic carbocycles. The molecule has 1 unspecified atom stereocenters. The van der Waals surface area contributed by atoms with E-state index >= 15 is 0 Å². The molecule has 0 aromatic rings. The van der Waals surface area contributed by atoms with Crippen LogP contribution in [0.3, 0.4) is 0 Å². The molecule has 0 spiro atoms. The summed E-state index contributed by atoms with van der Waals surface area (Å²) < 4.78 is 16.1. The van der Waals surface area contributed by atoms with Gasteiger partial charge in [0.15, 0.2) is 0 Å². The monoisotopic (exact) mass is 352 g/mol. The van der Waals surface area contributed by atoms with Crippen LogP contribution in [0.5, 0.6) is 0 Å². The smallest absolute Gasteiger partial charge is 0.306 e. The van der Waals surface area contributed by atoms with Crippen molar-refractivity contribution >= 4 is 17.9 Å². The maximum atomic E-state index is 11.6. The Balaban J connectivity index is 2.07. The number of carbonyl (C=O) groups is 3. The number of esters is 3. The Hall–Kier alpha value is -1.85. The van der Waals surface area contributed by atoms with Gasteiger partial charge in [0.05, 0.1) is 6.42 Å². The average molecular weight is 352 g/mol. The second kappa shape index (κ2) is 9.02. The number of hydrogen-bond donors (Lipinski definition) is 0. The van der Waals surface area contributed by atoms with Gasteiger partial charge >= 0.3 is 17.9 Å². The normalized spacial score (nSPS) is 29.3. The summed E-state index contributed by atoms with van der Waals surface area (Å²) in [5, 5.41) is 0. The Morgan fingerprint density at radius 2 is 2.04 bits per heavy atom. The molecule has 0 radical (unpaired) electrons. The van der Waals surface area contributed by atoms with Gasteiger partial charge in [0.2, 0.25) is 0 Å². The van der Waals surface area contributed by atoms with E-state index in [2.05, 4.69) is 6.92 Å². The molecule has 2 fully saturated rings. The number of fused-ring (bicyclic) bond motifs is 1. The van der Waals surface area contributed by atoms with Gasteiger partial charge in [0.25, 0.3) is 0 Å². The Morgan fingerprint density at radius 3 is 2.68 bits per heavy atom. The van der Waals surface area contributed by atoms with E-state index in [1.54, 1.807) is 0 Å². The van der Waals surface area contributed by atoms with Crippen LogP contribution in [0, 0.1) is 11.8 Å². The second-order valence-corrected chi connectivity index (χ2v) is 6.89. The molecule has 0 N–H and O–H groups in total. The molecule has 1 aliphatic carbocycles. The van der Waals surface area contributed by atoms with Crippen molar-refractivity contribution in [3.05, 3.63) is 12.2 Å². The first-order valence-corrected chi connectivity index (χ1v) is 9.13. The summed E-state index contributed by atoms with van der Waals surface area (Å²) >= 11 is 0. The highest BCUT2D eigenvalue weighted by Crippen LogP contribution is 2.43. The van der Waals surface area contributed by atoms with E-state index in [4.69, 9.17) is 14.2 Å². The van der Waals surface area contributed by atoms with Crippen molar-refractivity contribution in [2.24, 2.45) is 11.8 Å². The minimum Gasteiger partial charge on any atom is -0.462 e. The molecule has 140 valence electrons. The average Bonchev–Trinajstić information content (AvgIpc) is 2.99. The standard InChI is InChI=1S/C19H28O6/c1-4-5-6-7-14(23-12(2)20)8-9-15-16-10-19(22)25-18(16)11-17(15)24-13(3)21/h8-9,14-18H,4-7,10-11H2,1-3H3/t14?,15-,16+,17-,18-/m1/s1. The lowest BCUT2D eigenvalue weighted by Gasteiger charge is -2.20. The first-order chi connectivity index (χ1) is 11.9. The first-order valence-electron chi connectivity index (χ1n) is 9.13. The van der Waals surface area contributed by atoms with Crippen LogP contribution in [0.25, 0.3) is 0 Å². The molecule has 2 aliphatic rings. The molecule has 1 saturated heterocycles. The summed E-state index contributed by atoms with van der Waals surface area (Å²) in [5.41, 5.74) is 0. The molecule has 1 saturated carbocycles. The van der Waals surface area contributed by atoms with Gasteiger partial charge in [-0.1, -0.05) is 25.8 Å². The molecule has 1 heterocycles. The minimum absolute atomic E-state index is 0.0155. The Bertz CT molecular complexity index is 526. The van der Waals surface area contributed by atoms with Crippen molar-refractivity contribution in [2.75, 3.05) is 0 Å². The summed E-state index contributed by atoms with van der Waals surface area (Å²) in [6.45, 7) is 4.90. The second-order valence-electron chi connectivity index (χ2n) is 6.89. The fraction of sp³-hybridized carbons (Fsp3) is 0.737. The highest BCUT2D eigenvalue weighted by molar-refractivity contribution is 5.72. The molecule has 6 heteroatoms. The topological polar surface area (TPSA) is 78.9 Å². The van der Waals surface area contributed by atoms with Gasteiger partial charge in [-0.3, -0.25) is 14.4 Å². The van der Waals surface area contributed by atoms with Crippen molar-refractivity contribution in [1.29, 1.82) is 0 Å². The van der Waals surface area contributed by atoms with E-state index in [1.807, 2.05) is 12.2 Å². The third-order valence-electron chi connectivity index (χ3n) is 4.83. The zero-order valence-corrected chi connectivity index (χ0v) is 15.2. The van der Waals surface area contributed by atoms with Crippen molar-refractivity contribution < 1.29 is 28.6 Å². The predicted octanol–water partition coefficient (Wildman–Crippen LogP) is 2.94. The first kappa shape index (κ1) is 19.5. The number of rotatable bonds is 8. The molecule has 6 nitrogen and oxygen atoms in total. The summed E-state index contributed by atoms with van der Waals surface area (Å²) in [6.07, 6.45) is 7.81. The highest BCUT2D eigenvalue weighted by Gasteiger charge is 2.50. The van der Waals surface area contributed by atoms with Crippen LogP contribution in [0.4, 0.5) is 0 Å². The fourth-order valence-corrected chi connectivity index (χ4v) is 3.76. The lowest BCUT2D eigenvalue weighted by atomic mass is 9.91. The molecule has 1 aliphatic heterocycles. The summed E-state index contributed by atoms with van der Waals surface area (Å²) in [4.78, 5) is 34.3. The van der Waals surface area contributed by atoms with Gasteiger partial charge in [-0.05, 0) is 18.9 Å². The van der Waals surface area contributed by atoms with E-state index in [9.17, 15) is 14.4 Å². The molecule has 0 amide bonds. The number of unbranched alkanes of at least 4 members (excludes halogenated alkanes) is 2. The van der Waals surface area contributed by atoms with Gasteiger partial charge < -0.3 is 14.2 Å². The molecular weight excluding hydrogens is 324 g/mol. The number of carbonyl (C=O) groups excluding carboxylic acids is 3. The fourth-order valence-electron chi connectivity index (χ4n) is 3.76. The zero-order valence-electron chi connectivity index (χ0n) is 15.2. The van der Waals surface area contributed by atoms with Gasteiger partial charge in [0, 0.05) is 32.1 Å². The van der Waals surface area contributed by atoms with Crippen molar-refractivity contribution in [3.63, 3.8) is 0 Å². The SMILES string of the molecule is CCCCCC(C=C[C@@H]1[C@@H]2CC(=O)O[C@@H]2C[C@H]1OC(C)=O)OC(C)=O. The van der Waals surface area contributed by atoms with Crippen LogP contribution >= 0.6 is 0 Å². The van der Waals surface area contributed by atoms with E-state index in [-0.39, 0.29) is 48.1 Å². The van der Waals surface area contributed by atoms with Crippen LogP contribution in [-0.4, -0.2) is 36.2 Å². The molecule has 25 heavy (non-hydrogen) atoms. The van der Waals surface area contributed by atoms with Crippen molar-refractivity contribution in [3.8, 4) is 0 Å². The Kier molecular flexibility index (Phi) is 7.02. The van der Waals surface area contributed by atoms with Crippen LogP contribution in [0.2, 0.25) is 0 Å². The summed E-state index contributed by atoms with van der Waals surface area (Å²) in [5.74, 6) is -0.930. The number of hydrogen-bond acceptors (Lipinski definition) is 6. The van der Waals surface area contributed by atoms with Gasteiger partial charge in [-0.25, -0.2) is 0 Å². The van der Waals surface area contributed by atoms with E-state index in [0.717, 1.165) is 25.7 Å². The highest BCUT2D eigenvalue weighted by atomic mass is 16.6. The molecule has 0 bridgehead atoms. The predicted molar refractivity (Wildman–Crippen MR) is 90.5 cm³/mol. The van der Waals surface area contributed by atoms with Crippen LogP contribution in [0.15, 0.2) is 12.2 Å². The van der Waals surface area contributed by atoms with Gasteiger partial charge in [0.1, 0.15) is 18.3 Å². The molecule has 5 atom stereocenters. The lowest BCUT2D eigenvalue weighted by Crippen LogP contribution is -2.24. The van der Waals surface area contributed by atoms with E-state index < -0.39 is 0 Å². The Labute approximate surface area is 148 Å².